The van der Waals surface area contributed by atoms with Gasteiger partial charge in [-0.1, -0.05) is 6.07 Å². The van der Waals surface area contributed by atoms with E-state index in [1.54, 1.807) is 6.07 Å². The van der Waals surface area contributed by atoms with Gasteiger partial charge in [0.2, 0.25) is 0 Å². The van der Waals surface area contributed by atoms with Crippen LogP contribution < -0.4 is 11.5 Å². The Bertz CT molecular complexity index is 291. The Labute approximate surface area is 85.9 Å². The van der Waals surface area contributed by atoms with Gasteiger partial charge in [0.1, 0.15) is 0 Å². The van der Waals surface area contributed by atoms with Crippen molar-refractivity contribution in [1.82, 2.24) is 0 Å². The molecule has 4 heteroatoms. The van der Waals surface area contributed by atoms with Crippen LogP contribution in [0.2, 0.25) is 0 Å². The van der Waals surface area contributed by atoms with Gasteiger partial charge in [-0.15, -0.1) is 0 Å². The maximum Gasteiger partial charge on any atom is 0.0458 e. The zero-order valence-electron chi connectivity index (χ0n) is 7.20. The number of hydrogen-bond acceptors (Lipinski definition) is 3. The van der Waals surface area contributed by atoms with Crippen molar-refractivity contribution in [3.8, 4) is 0 Å². The van der Waals surface area contributed by atoms with E-state index in [9.17, 15) is 0 Å². The van der Waals surface area contributed by atoms with Crippen LogP contribution in [0.3, 0.4) is 0 Å². The predicted octanol–water partition coefficient (Wildman–Crippen LogP) is 1.41. The molecular formula is C9H13BrN2O. The highest BCUT2D eigenvalue weighted by Crippen LogP contribution is 2.24. The van der Waals surface area contributed by atoms with Crippen molar-refractivity contribution in [2.75, 3.05) is 12.3 Å². The molecule has 0 bridgehead atoms. The fraction of sp³-hybridized carbons (Fsp3) is 0.333. The monoisotopic (exact) mass is 244 g/mol. The van der Waals surface area contributed by atoms with Crippen molar-refractivity contribution >= 4 is 21.6 Å². The van der Waals surface area contributed by atoms with Crippen LogP contribution in [0.15, 0.2) is 22.7 Å². The number of nitrogen functional groups attached to an aromatic ring is 1. The molecule has 0 saturated heterocycles. The standard InChI is InChI=1S/C9H13BrN2O/c10-7-5-6(1-2-9(7)12)8(11)3-4-13/h1-2,5,8,13H,3-4,11-12H2/t8-/m1/s1. The van der Waals surface area contributed by atoms with Gasteiger partial charge in [-0.25, -0.2) is 0 Å². The molecule has 0 aromatic heterocycles. The molecule has 0 unspecified atom stereocenters. The van der Waals surface area contributed by atoms with Gasteiger partial charge in [-0.05, 0) is 40.0 Å². The Morgan fingerprint density at radius 1 is 1.46 bits per heavy atom. The van der Waals surface area contributed by atoms with Crippen LogP contribution in [0.25, 0.3) is 0 Å². The van der Waals surface area contributed by atoms with Gasteiger partial charge in [-0.3, -0.25) is 0 Å². The minimum atomic E-state index is -0.123. The molecule has 0 saturated carbocycles. The van der Waals surface area contributed by atoms with Crippen LogP contribution in [0.1, 0.15) is 18.0 Å². The topological polar surface area (TPSA) is 72.3 Å². The number of anilines is 1. The molecule has 1 aromatic rings. The molecular weight excluding hydrogens is 232 g/mol. The Kier molecular flexibility index (Phi) is 3.71. The molecule has 5 N–H and O–H groups in total. The molecule has 0 aliphatic heterocycles. The SMILES string of the molecule is Nc1ccc([C@H](N)CCO)cc1Br. The lowest BCUT2D eigenvalue weighted by atomic mass is 10.1. The third-order valence-corrected chi connectivity index (χ3v) is 2.58. The van der Waals surface area contributed by atoms with Gasteiger partial charge in [0, 0.05) is 22.8 Å². The first-order valence-corrected chi connectivity index (χ1v) is 4.86. The highest BCUT2D eigenvalue weighted by Gasteiger charge is 2.06. The van der Waals surface area contributed by atoms with E-state index in [1.165, 1.54) is 0 Å². The van der Waals surface area contributed by atoms with Gasteiger partial charge < -0.3 is 16.6 Å². The van der Waals surface area contributed by atoms with E-state index in [2.05, 4.69) is 15.9 Å². The normalized spacial score (nSPS) is 12.8. The Morgan fingerprint density at radius 3 is 2.69 bits per heavy atom. The summed E-state index contributed by atoms with van der Waals surface area (Å²) in [6.07, 6.45) is 0.566. The molecule has 72 valence electrons. The van der Waals surface area contributed by atoms with E-state index in [1.807, 2.05) is 12.1 Å². The minimum Gasteiger partial charge on any atom is -0.398 e. The highest BCUT2D eigenvalue weighted by molar-refractivity contribution is 9.10. The van der Waals surface area contributed by atoms with Crippen LogP contribution in [0, 0.1) is 0 Å². The Morgan fingerprint density at radius 2 is 2.15 bits per heavy atom. The summed E-state index contributed by atoms with van der Waals surface area (Å²) in [6, 6.07) is 5.44. The summed E-state index contributed by atoms with van der Waals surface area (Å²) < 4.78 is 0.846. The van der Waals surface area contributed by atoms with Gasteiger partial charge in [0.05, 0.1) is 0 Å². The van der Waals surface area contributed by atoms with Crippen molar-refractivity contribution in [3.05, 3.63) is 28.2 Å². The average Bonchev–Trinajstić information content (AvgIpc) is 2.10. The maximum absolute atomic E-state index is 8.71. The van der Waals surface area contributed by atoms with E-state index in [0.29, 0.717) is 12.1 Å². The van der Waals surface area contributed by atoms with Gasteiger partial charge >= 0.3 is 0 Å². The van der Waals surface area contributed by atoms with E-state index >= 15 is 0 Å². The average molecular weight is 245 g/mol. The first-order valence-electron chi connectivity index (χ1n) is 4.06. The number of aliphatic hydroxyl groups is 1. The lowest BCUT2D eigenvalue weighted by molar-refractivity contribution is 0.276. The van der Waals surface area contributed by atoms with Crippen LogP contribution in [0.5, 0.6) is 0 Å². The van der Waals surface area contributed by atoms with Crippen molar-refractivity contribution in [3.63, 3.8) is 0 Å². The van der Waals surface area contributed by atoms with Crippen molar-refractivity contribution < 1.29 is 5.11 Å². The second-order valence-corrected chi connectivity index (χ2v) is 3.75. The summed E-state index contributed by atoms with van der Waals surface area (Å²) in [6.45, 7) is 0.100. The molecule has 0 aliphatic carbocycles. The van der Waals surface area contributed by atoms with Crippen molar-refractivity contribution in [1.29, 1.82) is 0 Å². The maximum atomic E-state index is 8.71. The first kappa shape index (κ1) is 10.5. The summed E-state index contributed by atoms with van der Waals surface area (Å²) in [5, 5.41) is 8.71. The molecule has 0 aliphatic rings. The van der Waals surface area contributed by atoms with Gasteiger partial charge in [-0.2, -0.15) is 0 Å². The molecule has 0 spiro atoms. The molecule has 0 radical (unpaired) electrons. The number of nitrogens with two attached hydrogens (primary N) is 2. The van der Waals surface area contributed by atoms with Crippen LogP contribution in [0.4, 0.5) is 5.69 Å². The molecule has 1 rings (SSSR count). The van der Waals surface area contributed by atoms with Gasteiger partial charge in [0.25, 0.3) is 0 Å². The molecule has 3 nitrogen and oxygen atoms in total. The second kappa shape index (κ2) is 4.60. The minimum absolute atomic E-state index is 0.100. The molecule has 1 aromatic carbocycles. The number of hydrogen-bond donors (Lipinski definition) is 3. The number of rotatable bonds is 3. The number of benzene rings is 1. The Balaban J connectivity index is 2.84. The Hall–Kier alpha value is -0.580. The third-order valence-electron chi connectivity index (χ3n) is 1.89. The van der Waals surface area contributed by atoms with E-state index in [4.69, 9.17) is 16.6 Å². The third kappa shape index (κ3) is 2.69. The fourth-order valence-corrected chi connectivity index (χ4v) is 1.48. The molecule has 0 heterocycles. The molecule has 0 amide bonds. The number of halogens is 1. The van der Waals surface area contributed by atoms with Crippen molar-refractivity contribution in [2.45, 2.75) is 12.5 Å². The van der Waals surface area contributed by atoms with Crippen LogP contribution in [-0.4, -0.2) is 11.7 Å². The summed E-state index contributed by atoms with van der Waals surface area (Å²) in [4.78, 5) is 0. The lowest BCUT2D eigenvalue weighted by Gasteiger charge is -2.11. The number of aliphatic hydroxyl groups excluding tert-OH is 1. The van der Waals surface area contributed by atoms with Crippen LogP contribution in [-0.2, 0) is 0 Å². The quantitative estimate of drug-likeness (QED) is 0.705. The lowest BCUT2D eigenvalue weighted by Crippen LogP contribution is -2.11. The summed E-state index contributed by atoms with van der Waals surface area (Å²) in [7, 11) is 0. The summed E-state index contributed by atoms with van der Waals surface area (Å²) in [5.41, 5.74) is 13.1. The van der Waals surface area contributed by atoms with Crippen LogP contribution >= 0.6 is 15.9 Å². The van der Waals surface area contributed by atoms with E-state index in [-0.39, 0.29) is 12.6 Å². The van der Waals surface area contributed by atoms with E-state index in [0.717, 1.165) is 10.0 Å². The molecule has 0 fully saturated rings. The molecule has 1 atom stereocenters. The predicted molar refractivity (Wildman–Crippen MR) is 57.2 cm³/mol. The zero-order valence-corrected chi connectivity index (χ0v) is 8.79. The molecule has 13 heavy (non-hydrogen) atoms. The second-order valence-electron chi connectivity index (χ2n) is 2.90. The largest absolute Gasteiger partial charge is 0.398 e. The smallest absolute Gasteiger partial charge is 0.0458 e. The summed E-state index contributed by atoms with van der Waals surface area (Å²) >= 11 is 3.32. The first-order chi connectivity index (χ1) is 6.15. The highest BCUT2D eigenvalue weighted by atomic mass is 79.9. The van der Waals surface area contributed by atoms with Gasteiger partial charge in [0.15, 0.2) is 0 Å². The zero-order chi connectivity index (χ0) is 9.84. The summed E-state index contributed by atoms with van der Waals surface area (Å²) in [5.74, 6) is 0. The fourth-order valence-electron chi connectivity index (χ4n) is 1.08. The van der Waals surface area contributed by atoms with E-state index < -0.39 is 0 Å². The van der Waals surface area contributed by atoms with Crippen molar-refractivity contribution in [2.24, 2.45) is 5.73 Å².